The van der Waals surface area contributed by atoms with E-state index in [1.54, 1.807) is 0 Å². The van der Waals surface area contributed by atoms with Gasteiger partial charge in [-0.2, -0.15) is 0 Å². The van der Waals surface area contributed by atoms with Crippen molar-refractivity contribution >= 4 is 16.9 Å². The lowest BCUT2D eigenvalue weighted by molar-refractivity contribution is 0.0431. The highest BCUT2D eigenvalue weighted by Gasteiger charge is 2.52. The molecule has 84 valence electrons. The number of nitrogens with zero attached hydrogens (tertiary/aromatic N) is 1. The quantitative estimate of drug-likeness (QED) is 0.739. The third-order valence-corrected chi connectivity index (χ3v) is 5.55. The van der Waals surface area contributed by atoms with E-state index in [2.05, 4.69) is 11.9 Å². The second kappa shape index (κ2) is 3.39. The summed E-state index contributed by atoms with van der Waals surface area (Å²) < 4.78 is 5.50. The smallest absolute Gasteiger partial charge is 0.154 e. The lowest BCUT2D eigenvalue weighted by Gasteiger charge is -2.40. The van der Waals surface area contributed by atoms with E-state index in [-0.39, 0.29) is 0 Å². The van der Waals surface area contributed by atoms with Gasteiger partial charge in [0.1, 0.15) is 0 Å². The molecule has 2 heterocycles. The number of hydrogen-bond acceptors (Lipinski definition) is 4. The van der Waals surface area contributed by atoms with E-state index in [1.807, 2.05) is 11.8 Å². The predicted molar refractivity (Wildman–Crippen MR) is 63.1 cm³/mol. The van der Waals surface area contributed by atoms with Crippen LogP contribution in [0.4, 0.5) is 0 Å². The summed E-state index contributed by atoms with van der Waals surface area (Å²) in [5.41, 5.74) is 6.45. The van der Waals surface area contributed by atoms with Gasteiger partial charge in [0, 0.05) is 11.9 Å². The summed E-state index contributed by atoms with van der Waals surface area (Å²) in [5, 5.41) is 1.46. The van der Waals surface area contributed by atoms with Crippen LogP contribution in [0.3, 0.4) is 0 Å². The molecule has 1 saturated carbocycles. The summed E-state index contributed by atoms with van der Waals surface area (Å²) in [5.74, 6) is 0.698. The van der Waals surface area contributed by atoms with Crippen molar-refractivity contribution in [3.05, 3.63) is 0 Å². The van der Waals surface area contributed by atoms with Crippen LogP contribution in [0.15, 0.2) is 4.99 Å². The fourth-order valence-electron chi connectivity index (χ4n) is 2.78. The second-order valence-corrected chi connectivity index (χ2v) is 6.42. The topological polar surface area (TPSA) is 47.6 Å². The molecular weight excluding hydrogens is 208 g/mol. The first-order valence-electron chi connectivity index (χ1n) is 5.77. The van der Waals surface area contributed by atoms with Crippen molar-refractivity contribution in [2.75, 3.05) is 13.2 Å². The highest BCUT2D eigenvalue weighted by atomic mass is 32.2. The Labute approximate surface area is 94.8 Å². The lowest BCUT2D eigenvalue weighted by atomic mass is 9.84. The number of amidine groups is 1. The molecule has 0 amide bonds. The van der Waals surface area contributed by atoms with Gasteiger partial charge in [0.2, 0.25) is 0 Å². The van der Waals surface area contributed by atoms with Crippen LogP contribution in [0.5, 0.6) is 0 Å². The molecular formula is C11H18N2OS. The first kappa shape index (κ1) is 9.97. The molecule has 4 heteroatoms. The molecule has 3 rings (SSSR count). The number of nitrogens with two attached hydrogens (primary N) is 1. The molecule has 3 atom stereocenters. The van der Waals surface area contributed by atoms with Gasteiger partial charge in [-0.05, 0) is 30.6 Å². The van der Waals surface area contributed by atoms with Crippen molar-refractivity contribution in [3.63, 3.8) is 0 Å². The van der Waals surface area contributed by atoms with Gasteiger partial charge in [-0.25, -0.2) is 0 Å². The highest BCUT2D eigenvalue weighted by Crippen LogP contribution is 2.57. The molecule has 3 aliphatic rings. The van der Waals surface area contributed by atoms with Crippen molar-refractivity contribution in [1.29, 1.82) is 0 Å². The molecule has 0 aromatic carbocycles. The van der Waals surface area contributed by atoms with E-state index in [1.165, 1.54) is 12.8 Å². The van der Waals surface area contributed by atoms with Crippen LogP contribution in [0.1, 0.15) is 26.2 Å². The highest BCUT2D eigenvalue weighted by molar-refractivity contribution is 8.14. The molecule has 2 aliphatic heterocycles. The minimum Gasteiger partial charge on any atom is -0.379 e. The van der Waals surface area contributed by atoms with E-state index in [0.717, 1.165) is 24.8 Å². The molecule has 0 spiro atoms. The normalized spacial score (nSPS) is 43.0. The van der Waals surface area contributed by atoms with Crippen molar-refractivity contribution in [2.24, 2.45) is 22.1 Å². The van der Waals surface area contributed by atoms with Gasteiger partial charge in [-0.3, -0.25) is 4.99 Å². The van der Waals surface area contributed by atoms with E-state index in [4.69, 9.17) is 10.5 Å². The first-order chi connectivity index (χ1) is 7.19. The largest absolute Gasteiger partial charge is 0.379 e. The molecule has 15 heavy (non-hydrogen) atoms. The Kier molecular flexibility index (Phi) is 2.25. The van der Waals surface area contributed by atoms with Crippen LogP contribution in [0.25, 0.3) is 0 Å². The number of aliphatic imine (C=N–C) groups is 1. The van der Waals surface area contributed by atoms with Crippen LogP contribution in [-0.4, -0.2) is 29.7 Å². The van der Waals surface area contributed by atoms with Gasteiger partial charge < -0.3 is 10.5 Å². The van der Waals surface area contributed by atoms with E-state index in [0.29, 0.717) is 22.6 Å². The Balaban J connectivity index is 1.85. The average molecular weight is 226 g/mol. The number of fused-ring (bicyclic) bond motifs is 1. The Morgan fingerprint density at radius 1 is 1.53 bits per heavy atom. The van der Waals surface area contributed by atoms with Gasteiger partial charge in [0.05, 0.1) is 12.6 Å². The molecule has 3 nitrogen and oxygen atoms in total. The Hall–Kier alpha value is -0.220. The minimum atomic E-state index is 0.336. The van der Waals surface area contributed by atoms with Crippen LogP contribution < -0.4 is 5.73 Å². The third kappa shape index (κ3) is 1.68. The zero-order valence-electron chi connectivity index (χ0n) is 9.11. The fourth-order valence-corrected chi connectivity index (χ4v) is 4.25. The van der Waals surface area contributed by atoms with Crippen molar-refractivity contribution in [3.8, 4) is 0 Å². The van der Waals surface area contributed by atoms with E-state index >= 15 is 0 Å². The number of thioether (sulfide) groups is 1. The molecule has 0 bridgehead atoms. The fraction of sp³-hybridized carbons (Fsp3) is 0.909. The number of ether oxygens (including phenoxy) is 1. The van der Waals surface area contributed by atoms with Crippen LogP contribution in [0.2, 0.25) is 0 Å². The lowest BCUT2D eigenvalue weighted by Crippen LogP contribution is -2.45. The third-order valence-electron chi connectivity index (χ3n) is 4.03. The molecule has 1 aliphatic carbocycles. The summed E-state index contributed by atoms with van der Waals surface area (Å²) in [6.07, 6.45) is 3.89. The molecule has 2 N–H and O–H groups in total. The van der Waals surface area contributed by atoms with E-state index in [9.17, 15) is 0 Å². The molecule has 0 aromatic rings. The van der Waals surface area contributed by atoms with Crippen LogP contribution >= 0.6 is 11.8 Å². The standard InChI is InChI=1S/C11H18N2OS/c1-11(3-4-11)9-7-2-5-14-6-8(7)13-10(12)15-9/h7-9H,2-6H2,1H3,(H2,12,13). The maximum atomic E-state index is 5.91. The summed E-state index contributed by atoms with van der Waals surface area (Å²) in [6, 6.07) is 0.336. The summed E-state index contributed by atoms with van der Waals surface area (Å²) in [7, 11) is 0. The van der Waals surface area contributed by atoms with Crippen molar-refractivity contribution < 1.29 is 4.74 Å². The van der Waals surface area contributed by atoms with Gasteiger partial charge in [0.15, 0.2) is 5.17 Å². The monoisotopic (exact) mass is 226 g/mol. The average Bonchev–Trinajstić information content (AvgIpc) is 2.96. The zero-order valence-corrected chi connectivity index (χ0v) is 9.93. The van der Waals surface area contributed by atoms with Crippen LogP contribution in [-0.2, 0) is 4.74 Å². The summed E-state index contributed by atoms with van der Waals surface area (Å²) in [6.45, 7) is 4.08. The SMILES string of the molecule is CC1(C2SC(N)=NC3COCCC32)CC1. The zero-order chi connectivity index (χ0) is 10.5. The van der Waals surface area contributed by atoms with E-state index < -0.39 is 0 Å². The van der Waals surface area contributed by atoms with Crippen molar-refractivity contribution in [2.45, 2.75) is 37.5 Å². The summed E-state index contributed by atoms with van der Waals surface area (Å²) >= 11 is 1.81. The molecule has 0 radical (unpaired) electrons. The number of hydrogen-bond donors (Lipinski definition) is 1. The van der Waals surface area contributed by atoms with Gasteiger partial charge in [-0.15, -0.1) is 0 Å². The number of rotatable bonds is 1. The van der Waals surface area contributed by atoms with Crippen LogP contribution in [0, 0.1) is 11.3 Å². The summed E-state index contributed by atoms with van der Waals surface area (Å²) in [4.78, 5) is 4.53. The predicted octanol–water partition coefficient (Wildman–Crippen LogP) is 1.62. The van der Waals surface area contributed by atoms with Gasteiger partial charge in [-0.1, -0.05) is 18.7 Å². The first-order valence-corrected chi connectivity index (χ1v) is 6.65. The second-order valence-electron chi connectivity index (χ2n) is 5.25. The Bertz CT molecular complexity index is 301. The van der Waals surface area contributed by atoms with Gasteiger partial charge in [0.25, 0.3) is 0 Å². The maximum absolute atomic E-state index is 5.91. The molecule has 2 fully saturated rings. The Morgan fingerprint density at radius 3 is 3.07 bits per heavy atom. The molecule has 3 unspecified atom stereocenters. The van der Waals surface area contributed by atoms with Gasteiger partial charge >= 0.3 is 0 Å². The van der Waals surface area contributed by atoms with Crippen molar-refractivity contribution in [1.82, 2.24) is 0 Å². The minimum absolute atomic E-state index is 0.336. The Morgan fingerprint density at radius 2 is 2.33 bits per heavy atom. The molecule has 0 aromatic heterocycles. The molecule has 1 saturated heterocycles. The maximum Gasteiger partial charge on any atom is 0.154 e.